The molecule has 0 saturated heterocycles. The summed E-state index contributed by atoms with van der Waals surface area (Å²) in [6, 6.07) is 18.0. The Bertz CT molecular complexity index is 1350. The number of rotatable bonds is 4. The average Bonchev–Trinajstić information content (AvgIpc) is 3.10. The lowest BCUT2D eigenvalue weighted by molar-refractivity contribution is 0.0965. The number of aryl methyl sites for hydroxylation is 2. The fourth-order valence-electron chi connectivity index (χ4n) is 3.50. The molecule has 0 saturated carbocycles. The van der Waals surface area contributed by atoms with Crippen LogP contribution in [-0.4, -0.2) is 17.9 Å². The first kappa shape index (κ1) is 20.4. The molecule has 0 unspecified atom stereocenters. The van der Waals surface area contributed by atoms with Gasteiger partial charge < -0.3 is 16.4 Å². The van der Waals surface area contributed by atoms with Crippen molar-refractivity contribution in [1.82, 2.24) is 10.3 Å². The lowest BCUT2D eigenvalue weighted by Gasteiger charge is -2.09. The van der Waals surface area contributed by atoms with Crippen LogP contribution < -0.4 is 16.4 Å². The number of pyridine rings is 1. The maximum absolute atomic E-state index is 12.8. The van der Waals surface area contributed by atoms with Crippen molar-refractivity contribution in [3.8, 4) is 17.2 Å². The van der Waals surface area contributed by atoms with Gasteiger partial charge in [0.2, 0.25) is 0 Å². The SMILES string of the molecule is CNC(=O)c1c(Nc2cccc(C)c2)sc2c(-c3ccc(C)cc3)c(C#N)c(N)nc12. The topological polar surface area (TPSA) is 104 Å². The third-order valence-electron chi connectivity index (χ3n) is 5.03. The van der Waals surface area contributed by atoms with E-state index in [-0.39, 0.29) is 11.7 Å². The van der Waals surface area contributed by atoms with Crippen LogP contribution in [0.1, 0.15) is 27.0 Å². The number of nitrogens with one attached hydrogen (secondary N) is 2. The Labute approximate surface area is 184 Å². The fourth-order valence-corrected chi connectivity index (χ4v) is 4.73. The van der Waals surface area contributed by atoms with E-state index in [9.17, 15) is 10.1 Å². The Morgan fingerprint density at radius 2 is 1.87 bits per heavy atom. The Balaban J connectivity index is 2.03. The summed E-state index contributed by atoms with van der Waals surface area (Å²) >= 11 is 1.39. The summed E-state index contributed by atoms with van der Waals surface area (Å²) in [6.45, 7) is 4.01. The van der Waals surface area contributed by atoms with Gasteiger partial charge in [-0.15, -0.1) is 11.3 Å². The van der Waals surface area contributed by atoms with Crippen LogP contribution in [0.3, 0.4) is 0 Å². The van der Waals surface area contributed by atoms with Gasteiger partial charge in [0.1, 0.15) is 28.0 Å². The van der Waals surface area contributed by atoms with Crippen molar-refractivity contribution in [3.05, 3.63) is 70.8 Å². The standard InChI is InChI=1S/C24H21N5OS/c1-13-7-9-15(10-8-13)18-17(12-25)22(26)29-20-19(23(30)27-3)24(31-21(18)20)28-16-6-4-5-14(2)11-16/h4-11,28H,1-3H3,(H2,26,29)(H,27,30). The molecule has 154 valence electrons. The van der Waals surface area contributed by atoms with Crippen LogP contribution in [0, 0.1) is 25.2 Å². The largest absolute Gasteiger partial charge is 0.383 e. The molecule has 4 N–H and O–H groups in total. The highest BCUT2D eigenvalue weighted by Crippen LogP contribution is 2.44. The number of carbonyl (C=O) groups is 1. The average molecular weight is 428 g/mol. The predicted octanol–water partition coefficient (Wildman–Crippen LogP) is 5.14. The molecule has 6 nitrogen and oxygen atoms in total. The first-order valence-electron chi connectivity index (χ1n) is 9.71. The zero-order chi connectivity index (χ0) is 22.1. The predicted molar refractivity (Wildman–Crippen MR) is 127 cm³/mol. The third kappa shape index (κ3) is 3.69. The van der Waals surface area contributed by atoms with Crippen LogP contribution in [0.5, 0.6) is 0 Å². The molecule has 31 heavy (non-hydrogen) atoms. The Morgan fingerprint density at radius 3 is 2.52 bits per heavy atom. The van der Waals surface area contributed by atoms with Crippen molar-refractivity contribution in [2.75, 3.05) is 18.1 Å². The molecule has 1 amide bonds. The molecule has 0 aliphatic heterocycles. The summed E-state index contributed by atoms with van der Waals surface area (Å²) in [4.78, 5) is 17.3. The van der Waals surface area contributed by atoms with E-state index in [1.165, 1.54) is 11.3 Å². The van der Waals surface area contributed by atoms with Crippen molar-refractivity contribution in [2.24, 2.45) is 0 Å². The van der Waals surface area contributed by atoms with Crippen molar-refractivity contribution < 1.29 is 4.79 Å². The van der Waals surface area contributed by atoms with Gasteiger partial charge in [0.05, 0.1) is 10.2 Å². The quantitative estimate of drug-likeness (QED) is 0.418. The van der Waals surface area contributed by atoms with E-state index in [2.05, 4.69) is 21.7 Å². The Hall–Kier alpha value is -3.89. The minimum absolute atomic E-state index is 0.107. The highest BCUT2D eigenvalue weighted by Gasteiger charge is 2.25. The monoisotopic (exact) mass is 427 g/mol. The van der Waals surface area contributed by atoms with Crippen LogP contribution in [-0.2, 0) is 0 Å². The highest BCUT2D eigenvalue weighted by atomic mass is 32.1. The summed E-state index contributed by atoms with van der Waals surface area (Å²) < 4.78 is 0.739. The van der Waals surface area contributed by atoms with Crippen molar-refractivity contribution in [3.63, 3.8) is 0 Å². The number of fused-ring (bicyclic) bond motifs is 1. The summed E-state index contributed by atoms with van der Waals surface area (Å²) in [7, 11) is 1.58. The van der Waals surface area contributed by atoms with E-state index in [0.717, 1.165) is 27.1 Å². The first-order chi connectivity index (χ1) is 14.9. The number of aromatic nitrogens is 1. The number of hydrogen-bond acceptors (Lipinski definition) is 6. The molecule has 0 spiro atoms. The number of nitrogens with two attached hydrogens (primary N) is 1. The Kier molecular flexibility index (Phi) is 5.32. The van der Waals surface area contributed by atoms with Crippen molar-refractivity contribution >= 4 is 44.0 Å². The first-order valence-corrected chi connectivity index (χ1v) is 10.5. The van der Waals surface area contributed by atoms with E-state index in [1.54, 1.807) is 7.05 Å². The summed E-state index contributed by atoms with van der Waals surface area (Å²) in [6.07, 6.45) is 0. The molecular formula is C24H21N5OS. The highest BCUT2D eigenvalue weighted by molar-refractivity contribution is 7.24. The van der Waals surface area contributed by atoms with Gasteiger partial charge in [0.25, 0.3) is 5.91 Å². The second kappa shape index (κ2) is 8.09. The molecule has 2 aromatic carbocycles. The molecule has 7 heteroatoms. The molecular weight excluding hydrogens is 406 g/mol. The third-order valence-corrected chi connectivity index (χ3v) is 6.14. The fraction of sp³-hybridized carbons (Fsp3) is 0.125. The lowest BCUT2D eigenvalue weighted by Crippen LogP contribution is -2.18. The zero-order valence-corrected chi connectivity index (χ0v) is 18.2. The van der Waals surface area contributed by atoms with E-state index in [0.29, 0.717) is 27.2 Å². The Morgan fingerprint density at radius 1 is 1.13 bits per heavy atom. The van der Waals surface area contributed by atoms with Crippen LogP contribution in [0.25, 0.3) is 21.3 Å². The van der Waals surface area contributed by atoms with E-state index in [1.807, 2.05) is 62.4 Å². The van der Waals surface area contributed by atoms with Crippen LogP contribution >= 0.6 is 11.3 Å². The maximum Gasteiger partial charge on any atom is 0.256 e. The molecule has 2 heterocycles. The van der Waals surface area contributed by atoms with E-state index >= 15 is 0 Å². The number of nitriles is 1. The number of carbonyl (C=O) groups excluding carboxylic acids is 1. The molecule has 0 aliphatic rings. The molecule has 2 aromatic heterocycles. The van der Waals surface area contributed by atoms with Gasteiger partial charge in [-0.05, 0) is 37.1 Å². The van der Waals surface area contributed by atoms with Crippen LogP contribution in [0.2, 0.25) is 0 Å². The second-order valence-corrected chi connectivity index (χ2v) is 8.30. The molecule has 4 aromatic rings. The minimum atomic E-state index is -0.270. The van der Waals surface area contributed by atoms with Crippen molar-refractivity contribution in [1.29, 1.82) is 5.26 Å². The van der Waals surface area contributed by atoms with Crippen molar-refractivity contribution in [2.45, 2.75) is 13.8 Å². The van der Waals surface area contributed by atoms with Gasteiger partial charge in [-0.3, -0.25) is 4.79 Å². The molecule has 0 aliphatic carbocycles. The maximum atomic E-state index is 12.8. The number of anilines is 3. The van der Waals surface area contributed by atoms with E-state index < -0.39 is 0 Å². The number of nitrogens with zero attached hydrogens (tertiary/aromatic N) is 2. The van der Waals surface area contributed by atoms with Gasteiger partial charge in [0, 0.05) is 18.3 Å². The normalized spacial score (nSPS) is 10.6. The lowest BCUT2D eigenvalue weighted by atomic mass is 9.99. The number of thiophene rings is 1. The number of amides is 1. The van der Waals surface area contributed by atoms with Crippen LogP contribution in [0.15, 0.2) is 48.5 Å². The summed E-state index contributed by atoms with van der Waals surface area (Å²) in [5.41, 5.74) is 12.0. The minimum Gasteiger partial charge on any atom is -0.383 e. The van der Waals surface area contributed by atoms with Crippen LogP contribution in [0.4, 0.5) is 16.5 Å². The van der Waals surface area contributed by atoms with E-state index in [4.69, 9.17) is 5.73 Å². The van der Waals surface area contributed by atoms with Gasteiger partial charge in [-0.2, -0.15) is 5.26 Å². The summed E-state index contributed by atoms with van der Waals surface area (Å²) in [5, 5.41) is 16.5. The molecule has 0 fully saturated rings. The van der Waals surface area contributed by atoms with Gasteiger partial charge in [-0.1, -0.05) is 42.0 Å². The second-order valence-electron chi connectivity index (χ2n) is 7.28. The van der Waals surface area contributed by atoms with Gasteiger partial charge in [-0.25, -0.2) is 4.98 Å². The smallest absolute Gasteiger partial charge is 0.256 e. The molecule has 0 radical (unpaired) electrons. The number of nitrogen functional groups attached to an aromatic ring is 1. The molecule has 0 bridgehead atoms. The number of hydrogen-bond donors (Lipinski definition) is 3. The number of benzene rings is 2. The zero-order valence-electron chi connectivity index (χ0n) is 17.4. The summed E-state index contributed by atoms with van der Waals surface area (Å²) in [5.74, 6) is -0.163. The molecule has 4 rings (SSSR count). The van der Waals surface area contributed by atoms with Gasteiger partial charge >= 0.3 is 0 Å². The molecule has 0 atom stereocenters. The van der Waals surface area contributed by atoms with Gasteiger partial charge in [0.15, 0.2) is 0 Å².